The molecule has 0 aromatic carbocycles. The molecule has 0 radical (unpaired) electrons. The van der Waals surface area contributed by atoms with Crippen LogP contribution in [0.4, 0.5) is 4.39 Å². The first kappa shape index (κ1) is 17.2. The van der Waals surface area contributed by atoms with Gasteiger partial charge in [0.05, 0.1) is 0 Å². The van der Waals surface area contributed by atoms with Crippen LogP contribution in [0.15, 0.2) is 0 Å². The Hall–Kier alpha value is -1.66. The fourth-order valence-electron chi connectivity index (χ4n) is 4.06. The molecule has 2 amide bonds. The average Bonchev–Trinajstić information content (AvgIpc) is 2.95. The third-order valence-corrected chi connectivity index (χ3v) is 5.88. The fourth-order valence-corrected chi connectivity index (χ4v) is 4.06. The quantitative estimate of drug-likeness (QED) is 0.796. The lowest BCUT2D eigenvalue weighted by atomic mass is 9.79. The summed E-state index contributed by atoms with van der Waals surface area (Å²) in [7, 11) is 0. The van der Waals surface area contributed by atoms with Crippen molar-refractivity contribution in [2.75, 3.05) is 6.54 Å². The first-order valence-electron chi connectivity index (χ1n) is 8.80. The van der Waals surface area contributed by atoms with Crippen LogP contribution in [0.5, 0.6) is 0 Å². The van der Waals surface area contributed by atoms with Gasteiger partial charge in [-0.25, -0.2) is 9.18 Å². The molecule has 2 saturated carbocycles. The van der Waals surface area contributed by atoms with Gasteiger partial charge in [0.1, 0.15) is 12.1 Å². The zero-order valence-corrected chi connectivity index (χ0v) is 14.0. The lowest BCUT2D eigenvalue weighted by Gasteiger charge is -2.37. The molecule has 0 aromatic rings. The number of carboxylic acids is 1. The molecule has 2 aliphatic carbocycles. The number of carboxylic acid groups (broad SMARTS) is 1. The van der Waals surface area contributed by atoms with Gasteiger partial charge in [-0.1, -0.05) is 19.8 Å². The minimum Gasteiger partial charge on any atom is -0.480 e. The van der Waals surface area contributed by atoms with E-state index in [-0.39, 0.29) is 18.7 Å². The van der Waals surface area contributed by atoms with Crippen LogP contribution in [0.3, 0.4) is 0 Å². The van der Waals surface area contributed by atoms with Crippen molar-refractivity contribution in [3.63, 3.8) is 0 Å². The molecule has 1 heterocycles. The van der Waals surface area contributed by atoms with Crippen molar-refractivity contribution in [2.24, 2.45) is 5.41 Å². The highest BCUT2D eigenvalue weighted by molar-refractivity contribution is 5.95. The SMILES string of the molecule is CC1(C(NC(=O)C2(F)CC2)C(=O)N2CCCC2C(=O)O)CCCC1. The maximum atomic E-state index is 14.1. The minimum absolute atomic E-state index is 0.192. The summed E-state index contributed by atoms with van der Waals surface area (Å²) in [5.41, 5.74) is -2.28. The number of nitrogens with one attached hydrogen (secondary N) is 1. The predicted octanol–water partition coefficient (Wildman–Crippen LogP) is 1.63. The highest BCUT2D eigenvalue weighted by Crippen LogP contribution is 2.44. The summed E-state index contributed by atoms with van der Waals surface area (Å²) in [4.78, 5) is 38.0. The van der Waals surface area contributed by atoms with Gasteiger partial charge in [0, 0.05) is 6.54 Å². The summed E-state index contributed by atoms with van der Waals surface area (Å²) in [6, 6.07) is -1.69. The molecular formula is C17H25FN2O4. The largest absolute Gasteiger partial charge is 0.480 e. The maximum absolute atomic E-state index is 14.1. The van der Waals surface area contributed by atoms with Crippen LogP contribution in [0.1, 0.15) is 58.3 Å². The highest BCUT2D eigenvalue weighted by Gasteiger charge is 2.54. The normalized spacial score (nSPS) is 28.4. The number of aliphatic carboxylic acids is 1. The summed E-state index contributed by atoms with van der Waals surface area (Å²) in [6.07, 6.45) is 4.90. The van der Waals surface area contributed by atoms with Crippen LogP contribution in [-0.2, 0) is 14.4 Å². The molecule has 0 spiro atoms. The van der Waals surface area contributed by atoms with Gasteiger partial charge in [0.2, 0.25) is 5.91 Å². The van der Waals surface area contributed by atoms with E-state index in [0.29, 0.717) is 19.4 Å². The molecular weight excluding hydrogens is 315 g/mol. The summed E-state index contributed by atoms with van der Waals surface area (Å²) in [6.45, 7) is 2.31. The van der Waals surface area contributed by atoms with Crippen LogP contribution in [-0.4, -0.2) is 52.1 Å². The molecule has 3 fully saturated rings. The molecule has 1 saturated heterocycles. The number of amides is 2. The van der Waals surface area contributed by atoms with Crippen molar-refractivity contribution in [1.82, 2.24) is 10.2 Å². The molecule has 2 N–H and O–H groups in total. The van der Waals surface area contributed by atoms with E-state index in [9.17, 15) is 23.9 Å². The number of nitrogens with zero attached hydrogens (tertiary/aromatic N) is 1. The first-order chi connectivity index (χ1) is 11.3. The van der Waals surface area contributed by atoms with E-state index in [1.165, 1.54) is 4.90 Å². The highest BCUT2D eigenvalue weighted by atomic mass is 19.1. The Morgan fingerprint density at radius 2 is 1.79 bits per heavy atom. The van der Waals surface area contributed by atoms with Gasteiger partial charge in [-0.05, 0) is 43.9 Å². The van der Waals surface area contributed by atoms with Crippen molar-refractivity contribution in [1.29, 1.82) is 0 Å². The maximum Gasteiger partial charge on any atom is 0.326 e. The molecule has 0 aromatic heterocycles. The van der Waals surface area contributed by atoms with E-state index in [0.717, 1.165) is 25.7 Å². The van der Waals surface area contributed by atoms with Crippen LogP contribution in [0.2, 0.25) is 0 Å². The smallest absolute Gasteiger partial charge is 0.326 e. The van der Waals surface area contributed by atoms with Gasteiger partial charge in [-0.3, -0.25) is 9.59 Å². The molecule has 2 atom stereocenters. The van der Waals surface area contributed by atoms with E-state index >= 15 is 0 Å². The third kappa shape index (κ3) is 3.00. The first-order valence-corrected chi connectivity index (χ1v) is 8.80. The van der Waals surface area contributed by atoms with E-state index in [1.54, 1.807) is 0 Å². The van der Waals surface area contributed by atoms with Gasteiger partial charge in [0.15, 0.2) is 5.67 Å². The number of halogens is 1. The topological polar surface area (TPSA) is 86.7 Å². The number of rotatable bonds is 5. The van der Waals surface area contributed by atoms with Crippen molar-refractivity contribution in [3.8, 4) is 0 Å². The Labute approximate surface area is 140 Å². The Morgan fingerprint density at radius 3 is 2.33 bits per heavy atom. The van der Waals surface area contributed by atoms with Crippen molar-refractivity contribution >= 4 is 17.8 Å². The Balaban J connectivity index is 1.82. The molecule has 0 bridgehead atoms. The second kappa shape index (κ2) is 6.01. The molecule has 6 nitrogen and oxygen atoms in total. The molecule has 3 aliphatic rings. The van der Waals surface area contributed by atoms with Crippen molar-refractivity contribution in [2.45, 2.75) is 76.0 Å². The van der Waals surface area contributed by atoms with Gasteiger partial charge in [0.25, 0.3) is 5.91 Å². The number of alkyl halides is 1. The monoisotopic (exact) mass is 340 g/mol. The number of carbonyl (C=O) groups excluding carboxylic acids is 2. The fraction of sp³-hybridized carbons (Fsp3) is 0.824. The summed E-state index contributed by atoms with van der Waals surface area (Å²) in [5, 5.41) is 12.0. The average molecular weight is 340 g/mol. The van der Waals surface area contributed by atoms with Crippen LogP contribution in [0, 0.1) is 5.41 Å². The van der Waals surface area contributed by atoms with Crippen molar-refractivity contribution in [3.05, 3.63) is 0 Å². The van der Waals surface area contributed by atoms with Crippen LogP contribution < -0.4 is 5.32 Å². The van der Waals surface area contributed by atoms with Gasteiger partial charge < -0.3 is 15.3 Å². The molecule has 134 valence electrons. The summed E-state index contributed by atoms with van der Waals surface area (Å²) in [5.74, 6) is -2.12. The molecule has 2 unspecified atom stereocenters. The molecule has 1 aliphatic heterocycles. The predicted molar refractivity (Wildman–Crippen MR) is 83.9 cm³/mol. The summed E-state index contributed by atoms with van der Waals surface area (Å²) < 4.78 is 14.1. The van der Waals surface area contributed by atoms with Gasteiger partial charge in [-0.15, -0.1) is 0 Å². The van der Waals surface area contributed by atoms with E-state index < -0.39 is 35.0 Å². The second-order valence-electron chi connectivity index (χ2n) is 7.76. The standard InChI is InChI=1S/C17H25FN2O4/c1-16(6-2-3-7-16)12(19-15(24)17(18)8-9-17)13(21)20-10-4-5-11(20)14(22)23/h11-12H,2-10H2,1H3,(H,19,24)(H,22,23). The lowest BCUT2D eigenvalue weighted by Crippen LogP contribution is -2.58. The number of hydrogen-bond donors (Lipinski definition) is 2. The lowest BCUT2D eigenvalue weighted by molar-refractivity contribution is -0.151. The van der Waals surface area contributed by atoms with Crippen LogP contribution in [0.25, 0.3) is 0 Å². The zero-order chi connectivity index (χ0) is 17.5. The zero-order valence-electron chi connectivity index (χ0n) is 14.0. The molecule has 7 heteroatoms. The van der Waals surface area contributed by atoms with E-state index in [1.807, 2.05) is 6.92 Å². The van der Waals surface area contributed by atoms with Gasteiger partial charge in [-0.2, -0.15) is 0 Å². The van der Waals surface area contributed by atoms with E-state index in [4.69, 9.17) is 0 Å². The Kier molecular flexibility index (Phi) is 4.30. The van der Waals surface area contributed by atoms with Crippen LogP contribution >= 0.6 is 0 Å². The van der Waals surface area contributed by atoms with E-state index in [2.05, 4.69) is 5.32 Å². The second-order valence-corrected chi connectivity index (χ2v) is 7.76. The summed E-state index contributed by atoms with van der Waals surface area (Å²) >= 11 is 0. The third-order valence-electron chi connectivity index (χ3n) is 5.88. The van der Waals surface area contributed by atoms with Crippen molar-refractivity contribution < 1.29 is 23.9 Å². The Morgan fingerprint density at radius 1 is 1.17 bits per heavy atom. The van der Waals surface area contributed by atoms with Gasteiger partial charge >= 0.3 is 5.97 Å². The number of likely N-dealkylation sites (tertiary alicyclic amines) is 1. The minimum atomic E-state index is -1.84. The number of carbonyl (C=O) groups is 3. The molecule has 3 rings (SSSR count). The Bertz CT molecular complexity index is 555. The number of hydrogen-bond acceptors (Lipinski definition) is 3. The molecule has 24 heavy (non-hydrogen) atoms.